The number of hydrogen-bond acceptors (Lipinski definition) is 9. The van der Waals surface area contributed by atoms with E-state index >= 15 is 0 Å². The van der Waals surface area contributed by atoms with Crippen LogP contribution in [0, 0.1) is 22.7 Å². The van der Waals surface area contributed by atoms with E-state index in [4.69, 9.17) is 20.1 Å². The van der Waals surface area contributed by atoms with Crippen LogP contribution in [0.2, 0.25) is 0 Å². The number of hydrazone groups is 1. The van der Waals surface area contributed by atoms with Gasteiger partial charge in [0, 0.05) is 35.7 Å². The molecule has 1 aromatic rings. The van der Waals surface area contributed by atoms with E-state index in [9.17, 15) is 5.11 Å². The molecular formula is C25H33N5O4. The lowest BCUT2D eigenvalue weighted by Gasteiger charge is -2.46. The van der Waals surface area contributed by atoms with Crippen molar-refractivity contribution in [2.24, 2.45) is 26.8 Å². The van der Waals surface area contributed by atoms with Gasteiger partial charge in [0.15, 0.2) is 6.29 Å². The van der Waals surface area contributed by atoms with Crippen molar-refractivity contribution in [3.05, 3.63) is 23.5 Å². The smallest absolute Gasteiger partial charge is 0.176 e. The number of rotatable bonds is 8. The number of pyridine rings is 1. The van der Waals surface area contributed by atoms with Crippen molar-refractivity contribution in [3.8, 4) is 17.6 Å². The lowest BCUT2D eigenvalue weighted by molar-refractivity contribution is -0.201. The van der Waals surface area contributed by atoms with Gasteiger partial charge in [-0.05, 0) is 31.7 Å². The fraction of sp³-hybridized carbons (Fsp3) is 0.640. The average Bonchev–Trinajstić information content (AvgIpc) is 3.76. The van der Waals surface area contributed by atoms with E-state index in [1.54, 1.807) is 12.4 Å². The van der Waals surface area contributed by atoms with Gasteiger partial charge < -0.3 is 25.2 Å². The van der Waals surface area contributed by atoms with Gasteiger partial charge in [0.1, 0.15) is 17.2 Å². The van der Waals surface area contributed by atoms with E-state index in [-0.39, 0.29) is 29.8 Å². The van der Waals surface area contributed by atoms with Gasteiger partial charge in [-0.25, -0.2) is 4.98 Å². The second kappa shape index (κ2) is 9.62. The molecule has 0 aromatic carbocycles. The lowest BCUT2D eigenvalue weighted by atomic mass is 9.83. The predicted molar refractivity (Wildman–Crippen MR) is 128 cm³/mol. The van der Waals surface area contributed by atoms with E-state index in [0.717, 1.165) is 44.7 Å². The number of nitrogens with two attached hydrogens (primary N) is 1. The molecule has 1 aromatic heterocycles. The Morgan fingerprint density at radius 2 is 2.12 bits per heavy atom. The minimum atomic E-state index is -0.337. The van der Waals surface area contributed by atoms with Gasteiger partial charge in [-0.3, -0.25) is 9.89 Å². The van der Waals surface area contributed by atoms with Crippen LogP contribution in [0.25, 0.3) is 0 Å². The Kier molecular flexibility index (Phi) is 6.58. The highest BCUT2D eigenvalue weighted by Crippen LogP contribution is 2.48. The molecule has 9 heteroatoms. The van der Waals surface area contributed by atoms with Crippen LogP contribution in [0.15, 0.2) is 22.4 Å². The number of ether oxygens (including phenoxy) is 3. The van der Waals surface area contributed by atoms with Crippen LogP contribution < -0.4 is 10.6 Å². The Morgan fingerprint density at radius 1 is 1.35 bits per heavy atom. The van der Waals surface area contributed by atoms with E-state index in [2.05, 4.69) is 38.7 Å². The molecule has 0 radical (unpaired) electrons. The number of aliphatic hydroxyl groups excluding tert-OH is 1. The number of aliphatic hydroxyl groups is 1. The van der Waals surface area contributed by atoms with Gasteiger partial charge in [-0.15, -0.1) is 0 Å². The largest absolute Gasteiger partial charge is 0.488 e. The molecule has 182 valence electrons. The van der Waals surface area contributed by atoms with E-state index < -0.39 is 0 Å². The average molecular weight is 468 g/mol. The summed E-state index contributed by atoms with van der Waals surface area (Å²) in [5.41, 5.74) is 2.03. The molecule has 5 rings (SSSR count). The first-order valence-corrected chi connectivity index (χ1v) is 12.0. The van der Waals surface area contributed by atoms with E-state index in [1.165, 1.54) is 12.8 Å². The maximum Gasteiger partial charge on any atom is 0.176 e. The quantitative estimate of drug-likeness (QED) is 0.255. The Morgan fingerprint density at radius 3 is 2.76 bits per heavy atom. The molecular weight excluding hydrogens is 434 g/mol. The van der Waals surface area contributed by atoms with Crippen molar-refractivity contribution in [1.29, 1.82) is 0 Å². The molecule has 2 aliphatic heterocycles. The molecule has 4 aliphatic rings. The molecule has 0 bridgehead atoms. The molecule has 3 N–H and O–H groups in total. The Labute approximate surface area is 200 Å². The van der Waals surface area contributed by atoms with Crippen molar-refractivity contribution in [3.63, 3.8) is 0 Å². The third kappa shape index (κ3) is 5.58. The maximum absolute atomic E-state index is 9.38. The van der Waals surface area contributed by atoms with Gasteiger partial charge >= 0.3 is 0 Å². The highest BCUT2D eigenvalue weighted by atomic mass is 16.7. The first-order valence-electron chi connectivity index (χ1n) is 12.0. The number of aromatic nitrogens is 1. The summed E-state index contributed by atoms with van der Waals surface area (Å²) in [6.07, 6.45) is 7.58. The molecule has 4 fully saturated rings. The molecule has 3 heterocycles. The van der Waals surface area contributed by atoms with Crippen LogP contribution in [0.4, 0.5) is 0 Å². The normalized spacial score (nSPS) is 24.0. The van der Waals surface area contributed by atoms with Gasteiger partial charge in [-0.2, -0.15) is 5.10 Å². The monoisotopic (exact) mass is 467 g/mol. The fourth-order valence-corrected chi connectivity index (χ4v) is 4.24. The second-order valence-electron chi connectivity index (χ2n) is 10.4. The minimum absolute atomic E-state index is 0.00425. The Hall–Kier alpha value is -2.51. The molecule has 9 nitrogen and oxygen atoms in total. The minimum Gasteiger partial charge on any atom is -0.488 e. The van der Waals surface area contributed by atoms with E-state index in [1.807, 2.05) is 6.07 Å². The van der Waals surface area contributed by atoms with Gasteiger partial charge in [0.25, 0.3) is 0 Å². The van der Waals surface area contributed by atoms with Crippen LogP contribution >= 0.6 is 0 Å². The van der Waals surface area contributed by atoms with Gasteiger partial charge in [0.05, 0.1) is 45.2 Å². The van der Waals surface area contributed by atoms with E-state index in [0.29, 0.717) is 30.2 Å². The summed E-state index contributed by atoms with van der Waals surface area (Å²) >= 11 is 0. The zero-order valence-electron chi connectivity index (χ0n) is 19.7. The number of likely N-dealkylation sites (tertiary alicyclic amines) is 1. The van der Waals surface area contributed by atoms with Crippen molar-refractivity contribution in [2.45, 2.75) is 45.0 Å². The summed E-state index contributed by atoms with van der Waals surface area (Å²) in [7, 11) is 0. The first kappa shape index (κ1) is 23.2. The zero-order valence-corrected chi connectivity index (χ0v) is 19.7. The van der Waals surface area contributed by atoms with Crippen molar-refractivity contribution in [1.82, 2.24) is 9.88 Å². The van der Waals surface area contributed by atoms with Crippen molar-refractivity contribution in [2.75, 3.05) is 46.0 Å². The van der Waals surface area contributed by atoms with Crippen molar-refractivity contribution < 1.29 is 19.3 Å². The molecule has 2 saturated carbocycles. The highest BCUT2D eigenvalue weighted by Gasteiger charge is 2.46. The van der Waals surface area contributed by atoms with Crippen molar-refractivity contribution >= 4 is 11.9 Å². The summed E-state index contributed by atoms with van der Waals surface area (Å²) < 4.78 is 17.7. The van der Waals surface area contributed by atoms with Crippen LogP contribution in [0.1, 0.15) is 43.9 Å². The van der Waals surface area contributed by atoms with Crippen LogP contribution in [-0.2, 0) is 9.47 Å². The van der Waals surface area contributed by atoms with Gasteiger partial charge in [-0.1, -0.05) is 18.8 Å². The molecule has 2 saturated heterocycles. The summed E-state index contributed by atoms with van der Waals surface area (Å²) in [6.45, 7) is 6.53. The molecule has 34 heavy (non-hydrogen) atoms. The Bertz CT molecular complexity index is 1010. The molecule has 0 amide bonds. The summed E-state index contributed by atoms with van der Waals surface area (Å²) in [5, 5.41) is 13.3. The highest BCUT2D eigenvalue weighted by molar-refractivity contribution is 6.38. The number of hydrogen-bond donors (Lipinski definition) is 2. The molecule has 2 aliphatic carbocycles. The van der Waals surface area contributed by atoms with Crippen LogP contribution in [-0.4, -0.2) is 85.3 Å². The number of aliphatic imine (C=N–C) groups is 1. The topological polar surface area (TPSA) is 115 Å². The second-order valence-corrected chi connectivity index (χ2v) is 10.4. The summed E-state index contributed by atoms with van der Waals surface area (Å²) in [6, 6.07) is 1.89. The molecule has 1 spiro atoms. The van der Waals surface area contributed by atoms with Crippen LogP contribution in [0.5, 0.6) is 5.75 Å². The van der Waals surface area contributed by atoms with Crippen LogP contribution in [0.3, 0.4) is 0 Å². The predicted octanol–water partition coefficient (Wildman–Crippen LogP) is 1.18. The Balaban J connectivity index is 1.21. The first-order chi connectivity index (χ1) is 16.5. The third-order valence-electron chi connectivity index (χ3n) is 6.76. The molecule has 0 unspecified atom stereocenters. The number of nitrogens with zero attached hydrogens (tertiary/aromatic N) is 4. The van der Waals surface area contributed by atoms with Gasteiger partial charge in [0.2, 0.25) is 0 Å². The fourth-order valence-electron chi connectivity index (χ4n) is 4.24. The third-order valence-corrected chi connectivity index (χ3v) is 6.76. The summed E-state index contributed by atoms with van der Waals surface area (Å²) in [4.78, 5) is 11.2. The molecule has 0 atom stereocenters. The maximum atomic E-state index is 9.38. The lowest BCUT2D eigenvalue weighted by Crippen LogP contribution is -2.56. The zero-order chi connectivity index (χ0) is 23.6. The summed E-state index contributed by atoms with van der Waals surface area (Å²) in [5.74, 6) is 12.7. The SMILES string of the molecule is CC1(CO)CN(CC#Cc2cnc(/C(C=NCC3OCC4(CC4)CO3)=N/N)c(OC3CC3)c2)C1. The standard InChI is InChI=1S/C25H33N5O4/c1-24(15-31)13-30(14-24)8-2-3-18-9-21(34-19-4-5-19)23(28-10-18)20(29-26)11-27-12-22-32-16-25(6-7-25)17-33-22/h9-11,19,22,31H,4-8,12-17,26H2,1H3/b27-11?,29-20+.